The van der Waals surface area contributed by atoms with Crippen molar-refractivity contribution in [1.29, 1.82) is 0 Å². The molecule has 3 rings (SSSR count). The van der Waals surface area contributed by atoms with Crippen LogP contribution in [-0.4, -0.2) is 41.9 Å². The maximum atomic E-state index is 13.3. The zero-order valence-corrected chi connectivity index (χ0v) is 14.5. The Morgan fingerprint density at radius 1 is 1.24 bits per heavy atom. The topological polar surface area (TPSA) is 80.3 Å². The van der Waals surface area contributed by atoms with Crippen molar-refractivity contribution in [3.63, 3.8) is 0 Å². The standard InChI is InChI=1S/C18H21FN2O4/c1-4-18(17(24)25-5-2)13-12(15(22)21(3)16(13)23)14(20-18)10-6-8-11(19)9-7-10/h6-9,12-14,20H,4-5H2,1-3H3/p+1/t12-,13-,14-,18-/m0/s1. The minimum absolute atomic E-state index is 0.199. The molecular weight excluding hydrogens is 327 g/mol. The Bertz CT molecular complexity index is 720. The number of hydrogen-bond donors (Lipinski definition) is 1. The Kier molecular flexibility index (Phi) is 4.36. The van der Waals surface area contributed by atoms with E-state index >= 15 is 0 Å². The summed E-state index contributed by atoms with van der Waals surface area (Å²) in [6, 6.07) is 5.40. The summed E-state index contributed by atoms with van der Waals surface area (Å²) in [6.45, 7) is 3.72. The van der Waals surface area contributed by atoms with E-state index in [0.29, 0.717) is 12.0 Å². The van der Waals surface area contributed by atoms with Gasteiger partial charge >= 0.3 is 5.97 Å². The van der Waals surface area contributed by atoms with Crippen LogP contribution in [0.4, 0.5) is 4.39 Å². The first-order valence-electron chi connectivity index (χ1n) is 8.47. The minimum Gasteiger partial charge on any atom is -0.461 e. The third kappa shape index (κ3) is 2.45. The number of ether oxygens (including phenoxy) is 1. The number of esters is 1. The lowest BCUT2D eigenvalue weighted by Gasteiger charge is -2.27. The number of benzene rings is 1. The molecule has 0 saturated carbocycles. The number of nitrogens with zero attached hydrogens (tertiary/aromatic N) is 1. The van der Waals surface area contributed by atoms with E-state index in [-0.39, 0.29) is 24.2 Å². The average Bonchev–Trinajstić information content (AvgIpc) is 3.06. The van der Waals surface area contributed by atoms with Crippen molar-refractivity contribution in [1.82, 2.24) is 4.90 Å². The summed E-state index contributed by atoms with van der Waals surface area (Å²) in [7, 11) is 1.44. The largest absolute Gasteiger partial charge is 0.461 e. The molecule has 0 aliphatic carbocycles. The number of carbonyl (C=O) groups excluding carboxylic acids is 3. The second kappa shape index (κ2) is 6.22. The lowest BCUT2D eigenvalue weighted by Crippen LogP contribution is -2.98. The third-order valence-corrected chi connectivity index (χ3v) is 5.49. The van der Waals surface area contributed by atoms with Crippen molar-refractivity contribution in [3.05, 3.63) is 35.6 Å². The van der Waals surface area contributed by atoms with Crippen LogP contribution in [0.1, 0.15) is 31.9 Å². The summed E-state index contributed by atoms with van der Waals surface area (Å²) in [6.07, 6.45) is 0.359. The van der Waals surface area contributed by atoms with Gasteiger partial charge in [0.1, 0.15) is 23.7 Å². The number of likely N-dealkylation sites (tertiary alicyclic amines) is 1. The van der Waals surface area contributed by atoms with E-state index in [1.165, 1.54) is 19.2 Å². The van der Waals surface area contributed by atoms with Gasteiger partial charge in [0, 0.05) is 19.0 Å². The second-order valence-electron chi connectivity index (χ2n) is 6.60. The van der Waals surface area contributed by atoms with Gasteiger partial charge in [-0.3, -0.25) is 14.5 Å². The van der Waals surface area contributed by atoms with E-state index in [4.69, 9.17) is 4.74 Å². The molecule has 2 saturated heterocycles. The maximum absolute atomic E-state index is 13.3. The highest BCUT2D eigenvalue weighted by Gasteiger charge is 2.71. The summed E-state index contributed by atoms with van der Waals surface area (Å²) in [5.41, 5.74) is -0.426. The lowest BCUT2D eigenvalue weighted by atomic mass is 9.78. The predicted molar refractivity (Wildman–Crippen MR) is 85.5 cm³/mol. The fourth-order valence-electron chi connectivity index (χ4n) is 4.20. The first kappa shape index (κ1) is 17.5. The van der Waals surface area contributed by atoms with Gasteiger partial charge in [-0.05, 0) is 19.1 Å². The zero-order valence-electron chi connectivity index (χ0n) is 14.5. The molecule has 0 radical (unpaired) electrons. The van der Waals surface area contributed by atoms with Crippen LogP contribution in [0.2, 0.25) is 0 Å². The Balaban J connectivity index is 2.10. The van der Waals surface area contributed by atoms with Crippen molar-refractivity contribution < 1.29 is 28.8 Å². The highest BCUT2D eigenvalue weighted by atomic mass is 19.1. The summed E-state index contributed by atoms with van der Waals surface area (Å²) in [4.78, 5) is 39.3. The normalized spacial score (nSPS) is 31.4. The molecule has 25 heavy (non-hydrogen) atoms. The van der Waals surface area contributed by atoms with E-state index in [1.807, 2.05) is 6.92 Å². The minimum atomic E-state index is -1.14. The number of rotatable bonds is 4. The molecule has 0 aromatic heterocycles. The first-order chi connectivity index (χ1) is 11.9. The molecule has 0 unspecified atom stereocenters. The molecule has 2 fully saturated rings. The van der Waals surface area contributed by atoms with Crippen LogP contribution in [-0.2, 0) is 19.1 Å². The van der Waals surface area contributed by atoms with E-state index in [2.05, 4.69) is 0 Å². The number of quaternary nitrogens is 1. The quantitative estimate of drug-likeness (QED) is 0.630. The Hall–Kier alpha value is -2.28. The summed E-state index contributed by atoms with van der Waals surface area (Å²) in [5.74, 6) is -2.95. The van der Waals surface area contributed by atoms with Gasteiger partial charge in [0.15, 0.2) is 0 Å². The average molecular weight is 349 g/mol. The van der Waals surface area contributed by atoms with Crippen molar-refractivity contribution >= 4 is 17.8 Å². The van der Waals surface area contributed by atoms with Gasteiger partial charge in [0.2, 0.25) is 17.4 Å². The molecule has 2 aliphatic rings. The smallest absolute Gasteiger partial charge is 0.368 e. The molecule has 1 aromatic rings. The molecular formula is C18H22FN2O4+. The van der Waals surface area contributed by atoms with Crippen LogP contribution in [0.3, 0.4) is 0 Å². The molecule has 1 aromatic carbocycles. The lowest BCUT2D eigenvalue weighted by molar-refractivity contribution is -0.734. The Morgan fingerprint density at radius 3 is 2.44 bits per heavy atom. The number of halogens is 1. The van der Waals surface area contributed by atoms with Gasteiger partial charge in [-0.1, -0.05) is 19.1 Å². The molecule has 134 valence electrons. The van der Waals surface area contributed by atoms with E-state index in [1.54, 1.807) is 24.4 Å². The molecule has 7 heteroatoms. The monoisotopic (exact) mass is 349 g/mol. The van der Waals surface area contributed by atoms with E-state index in [0.717, 1.165) is 4.90 Å². The van der Waals surface area contributed by atoms with Crippen molar-refractivity contribution in [3.8, 4) is 0 Å². The maximum Gasteiger partial charge on any atom is 0.368 e. The predicted octanol–water partition coefficient (Wildman–Crippen LogP) is 0.387. The van der Waals surface area contributed by atoms with E-state index in [9.17, 15) is 18.8 Å². The fraction of sp³-hybridized carbons (Fsp3) is 0.500. The molecule has 2 aliphatic heterocycles. The number of imide groups is 1. The summed E-state index contributed by atoms with van der Waals surface area (Å²) in [5, 5.41) is 1.77. The van der Waals surface area contributed by atoms with Gasteiger partial charge in [0.25, 0.3) is 0 Å². The van der Waals surface area contributed by atoms with Crippen LogP contribution < -0.4 is 5.32 Å². The summed E-state index contributed by atoms with van der Waals surface area (Å²) < 4.78 is 18.5. The van der Waals surface area contributed by atoms with Crippen LogP contribution in [0, 0.1) is 17.7 Å². The van der Waals surface area contributed by atoms with Gasteiger partial charge in [-0.25, -0.2) is 9.18 Å². The Morgan fingerprint density at radius 2 is 1.88 bits per heavy atom. The van der Waals surface area contributed by atoms with Crippen LogP contribution >= 0.6 is 0 Å². The van der Waals surface area contributed by atoms with Crippen molar-refractivity contribution in [2.45, 2.75) is 31.8 Å². The van der Waals surface area contributed by atoms with Gasteiger partial charge in [0.05, 0.1) is 6.61 Å². The van der Waals surface area contributed by atoms with E-state index < -0.39 is 29.4 Å². The van der Waals surface area contributed by atoms with Crippen LogP contribution in [0.5, 0.6) is 0 Å². The van der Waals surface area contributed by atoms with Crippen molar-refractivity contribution in [2.75, 3.05) is 13.7 Å². The SMILES string of the molecule is CCOC(=O)[C@@]1(CC)[NH2+][C@@H](c2ccc(F)cc2)[C@H]2C(=O)N(C)C(=O)[C@H]21. The molecule has 0 bridgehead atoms. The number of amides is 2. The second-order valence-corrected chi connectivity index (χ2v) is 6.60. The molecule has 4 atom stereocenters. The molecule has 2 N–H and O–H groups in total. The highest BCUT2D eigenvalue weighted by molar-refractivity contribution is 6.08. The van der Waals surface area contributed by atoms with Gasteiger partial charge in [-0.2, -0.15) is 0 Å². The summed E-state index contributed by atoms with van der Waals surface area (Å²) >= 11 is 0. The van der Waals surface area contributed by atoms with Crippen molar-refractivity contribution in [2.24, 2.45) is 11.8 Å². The molecule has 6 nitrogen and oxygen atoms in total. The first-order valence-corrected chi connectivity index (χ1v) is 8.47. The zero-order chi connectivity index (χ0) is 18.4. The number of hydrogen-bond acceptors (Lipinski definition) is 4. The van der Waals surface area contributed by atoms with Crippen LogP contribution in [0.25, 0.3) is 0 Å². The highest BCUT2D eigenvalue weighted by Crippen LogP contribution is 2.45. The molecule has 0 spiro atoms. The fourth-order valence-corrected chi connectivity index (χ4v) is 4.20. The van der Waals surface area contributed by atoms with Gasteiger partial charge in [-0.15, -0.1) is 0 Å². The third-order valence-electron chi connectivity index (χ3n) is 5.49. The Labute approximate surface area is 145 Å². The molecule has 2 amide bonds. The van der Waals surface area contributed by atoms with Gasteiger partial charge < -0.3 is 10.1 Å². The molecule has 2 heterocycles. The number of carbonyl (C=O) groups is 3. The van der Waals surface area contributed by atoms with Crippen LogP contribution in [0.15, 0.2) is 24.3 Å². The number of fused-ring (bicyclic) bond motifs is 1. The number of nitrogens with two attached hydrogens (primary N) is 1.